The average molecular weight is 423 g/mol. The van der Waals surface area contributed by atoms with Gasteiger partial charge in [-0.05, 0) is 55.0 Å². The molecule has 0 amide bonds. The summed E-state index contributed by atoms with van der Waals surface area (Å²) in [5, 5.41) is 7.52. The molecule has 0 saturated carbocycles. The van der Waals surface area contributed by atoms with Crippen molar-refractivity contribution in [3.05, 3.63) is 94.3 Å². The van der Waals surface area contributed by atoms with Gasteiger partial charge >= 0.3 is 0 Å². The molecule has 6 heteroatoms. The van der Waals surface area contributed by atoms with Crippen molar-refractivity contribution in [2.45, 2.75) is 25.6 Å². The molecule has 152 valence electrons. The van der Waals surface area contributed by atoms with E-state index in [0.29, 0.717) is 18.1 Å². The van der Waals surface area contributed by atoms with Crippen LogP contribution in [0.3, 0.4) is 0 Å². The highest BCUT2D eigenvalue weighted by atomic mass is 35.5. The Morgan fingerprint density at radius 2 is 1.90 bits per heavy atom. The van der Waals surface area contributed by atoms with E-state index in [1.807, 2.05) is 54.4 Å². The van der Waals surface area contributed by atoms with Crippen molar-refractivity contribution in [3.63, 3.8) is 0 Å². The van der Waals surface area contributed by atoms with Crippen molar-refractivity contribution < 1.29 is 13.9 Å². The van der Waals surface area contributed by atoms with Crippen LogP contribution >= 0.6 is 11.6 Å². The van der Waals surface area contributed by atoms with Crippen molar-refractivity contribution in [1.29, 1.82) is 0 Å². The Labute approximate surface area is 179 Å². The summed E-state index contributed by atoms with van der Waals surface area (Å²) in [6, 6.07) is 19.9. The second-order valence-electron chi connectivity index (χ2n) is 7.28. The van der Waals surface area contributed by atoms with Gasteiger partial charge in [0.15, 0.2) is 0 Å². The van der Waals surface area contributed by atoms with E-state index < -0.39 is 6.23 Å². The van der Waals surface area contributed by atoms with Crippen LogP contribution < -0.4 is 9.47 Å². The molecule has 0 unspecified atom stereocenters. The van der Waals surface area contributed by atoms with Gasteiger partial charge in [-0.2, -0.15) is 5.10 Å². The molecule has 0 fully saturated rings. The van der Waals surface area contributed by atoms with Gasteiger partial charge in [0.1, 0.15) is 17.3 Å². The van der Waals surface area contributed by atoms with Crippen LogP contribution in [0.1, 0.15) is 42.3 Å². The highest BCUT2D eigenvalue weighted by Gasteiger charge is 2.42. The standard InChI is InChI=1S/C24H20ClFN2O2/c1-2-29-22-6-4-3-5-18(22)24-28-21(19-13-16(25)9-12-23(19)30-24)14-20(27-28)15-7-10-17(26)11-8-15/h3-13,21,24H,2,14H2,1H3/t21-,24+/m1/s1. The van der Waals surface area contributed by atoms with Crippen LogP contribution in [0.25, 0.3) is 0 Å². The van der Waals surface area contributed by atoms with Crippen molar-refractivity contribution in [3.8, 4) is 11.5 Å². The highest BCUT2D eigenvalue weighted by Crippen LogP contribution is 2.49. The Kier molecular flexibility index (Phi) is 4.83. The molecule has 0 saturated heterocycles. The molecule has 0 spiro atoms. The molecule has 0 aromatic heterocycles. The fraction of sp³-hybridized carbons (Fsp3) is 0.208. The van der Waals surface area contributed by atoms with Gasteiger partial charge in [0.2, 0.25) is 6.23 Å². The van der Waals surface area contributed by atoms with Crippen LogP contribution in [0.5, 0.6) is 11.5 Å². The van der Waals surface area contributed by atoms with E-state index in [1.54, 1.807) is 12.1 Å². The molecule has 2 aliphatic rings. The van der Waals surface area contributed by atoms with Crippen molar-refractivity contribution in [1.82, 2.24) is 5.01 Å². The lowest BCUT2D eigenvalue weighted by molar-refractivity contribution is -0.0205. The van der Waals surface area contributed by atoms with E-state index >= 15 is 0 Å². The molecular formula is C24H20ClFN2O2. The largest absolute Gasteiger partial charge is 0.493 e. The summed E-state index contributed by atoms with van der Waals surface area (Å²) in [6.07, 6.45) is 0.236. The third-order valence-corrected chi connectivity index (χ3v) is 5.65. The highest BCUT2D eigenvalue weighted by molar-refractivity contribution is 6.30. The topological polar surface area (TPSA) is 34.1 Å². The lowest BCUT2D eigenvalue weighted by Crippen LogP contribution is -2.34. The molecule has 2 heterocycles. The predicted octanol–water partition coefficient (Wildman–Crippen LogP) is 6.12. The van der Waals surface area contributed by atoms with Crippen LogP contribution in [-0.4, -0.2) is 17.3 Å². The number of halogens is 2. The second-order valence-corrected chi connectivity index (χ2v) is 7.71. The first kappa shape index (κ1) is 18.9. The Morgan fingerprint density at radius 1 is 1.10 bits per heavy atom. The molecule has 2 atom stereocenters. The molecule has 0 radical (unpaired) electrons. The van der Waals surface area contributed by atoms with Gasteiger partial charge in [0.05, 0.1) is 23.9 Å². The molecule has 30 heavy (non-hydrogen) atoms. The SMILES string of the molecule is CCOc1ccccc1[C@@H]1Oc2ccc(Cl)cc2[C@H]2CC(c3ccc(F)cc3)=NN21. The van der Waals surface area contributed by atoms with E-state index in [9.17, 15) is 4.39 Å². The zero-order chi connectivity index (χ0) is 20.7. The van der Waals surface area contributed by atoms with E-state index in [1.165, 1.54) is 12.1 Å². The summed E-state index contributed by atoms with van der Waals surface area (Å²) < 4.78 is 25.7. The minimum atomic E-state index is -0.440. The molecule has 3 aromatic rings. The zero-order valence-electron chi connectivity index (χ0n) is 16.4. The zero-order valence-corrected chi connectivity index (χ0v) is 17.1. The summed E-state index contributed by atoms with van der Waals surface area (Å²) >= 11 is 6.28. The quantitative estimate of drug-likeness (QED) is 0.508. The molecule has 5 rings (SSSR count). The Hall–Kier alpha value is -3.05. The van der Waals surface area contributed by atoms with Crippen LogP contribution in [0.4, 0.5) is 4.39 Å². The molecule has 0 aliphatic carbocycles. The Balaban J connectivity index is 1.61. The van der Waals surface area contributed by atoms with E-state index in [2.05, 4.69) is 0 Å². The van der Waals surface area contributed by atoms with Crippen molar-refractivity contribution >= 4 is 17.3 Å². The van der Waals surface area contributed by atoms with Crippen LogP contribution in [-0.2, 0) is 0 Å². The number of hydrogen-bond donors (Lipinski definition) is 0. The summed E-state index contributed by atoms with van der Waals surface area (Å²) in [7, 11) is 0. The number of benzene rings is 3. The van der Waals surface area contributed by atoms with Gasteiger partial charge in [-0.1, -0.05) is 35.9 Å². The molecule has 3 aromatic carbocycles. The van der Waals surface area contributed by atoms with Gasteiger partial charge in [-0.25, -0.2) is 9.40 Å². The first-order valence-electron chi connectivity index (χ1n) is 9.93. The van der Waals surface area contributed by atoms with Crippen LogP contribution in [0, 0.1) is 5.82 Å². The summed E-state index contributed by atoms with van der Waals surface area (Å²) in [5.41, 5.74) is 3.68. The van der Waals surface area contributed by atoms with Gasteiger partial charge < -0.3 is 9.47 Å². The minimum Gasteiger partial charge on any atom is -0.493 e. The smallest absolute Gasteiger partial charge is 0.217 e. The normalized spacial score (nSPS) is 19.6. The van der Waals surface area contributed by atoms with Crippen molar-refractivity contribution in [2.24, 2.45) is 5.10 Å². The van der Waals surface area contributed by atoms with E-state index in [4.69, 9.17) is 26.2 Å². The maximum atomic E-state index is 13.4. The lowest BCUT2D eigenvalue weighted by atomic mass is 9.96. The monoisotopic (exact) mass is 422 g/mol. The number of hydrazone groups is 1. The number of ether oxygens (including phenoxy) is 2. The summed E-state index contributed by atoms with van der Waals surface area (Å²) in [5.74, 6) is 1.29. The maximum Gasteiger partial charge on any atom is 0.217 e. The lowest BCUT2D eigenvalue weighted by Gasteiger charge is -2.38. The molecule has 4 nitrogen and oxygen atoms in total. The average Bonchev–Trinajstić information content (AvgIpc) is 3.20. The first-order chi connectivity index (χ1) is 14.6. The number of para-hydroxylation sites is 1. The van der Waals surface area contributed by atoms with Gasteiger partial charge in [0, 0.05) is 17.0 Å². The summed E-state index contributed by atoms with van der Waals surface area (Å²) in [4.78, 5) is 0. The minimum absolute atomic E-state index is 0.0350. The van der Waals surface area contributed by atoms with Crippen LogP contribution in [0.15, 0.2) is 71.8 Å². The van der Waals surface area contributed by atoms with Gasteiger partial charge in [-0.3, -0.25) is 0 Å². The fourth-order valence-corrected chi connectivity index (χ4v) is 4.23. The Morgan fingerprint density at radius 3 is 2.70 bits per heavy atom. The third kappa shape index (κ3) is 3.29. The van der Waals surface area contributed by atoms with Crippen LogP contribution in [0.2, 0.25) is 5.02 Å². The summed E-state index contributed by atoms with van der Waals surface area (Å²) in [6.45, 7) is 2.52. The Bertz CT molecular complexity index is 1120. The van der Waals surface area contributed by atoms with Gasteiger partial charge in [-0.15, -0.1) is 0 Å². The third-order valence-electron chi connectivity index (χ3n) is 5.41. The van der Waals surface area contributed by atoms with E-state index in [-0.39, 0.29) is 11.9 Å². The molecule has 0 N–H and O–H groups in total. The second kappa shape index (κ2) is 7.65. The number of hydrogen-bond acceptors (Lipinski definition) is 4. The molecular weight excluding hydrogens is 403 g/mol. The van der Waals surface area contributed by atoms with Gasteiger partial charge in [0.25, 0.3) is 0 Å². The van der Waals surface area contributed by atoms with Crippen molar-refractivity contribution in [2.75, 3.05) is 6.61 Å². The number of nitrogens with zero attached hydrogens (tertiary/aromatic N) is 2. The molecule has 0 bridgehead atoms. The predicted molar refractivity (Wildman–Crippen MR) is 115 cm³/mol. The van der Waals surface area contributed by atoms with E-state index in [0.717, 1.165) is 33.9 Å². The number of rotatable bonds is 4. The first-order valence-corrected chi connectivity index (χ1v) is 10.3. The molecule has 2 aliphatic heterocycles. The maximum absolute atomic E-state index is 13.4. The number of fused-ring (bicyclic) bond motifs is 3. The fourth-order valence-electron chi connectivity index (χ4n) is 4.05.